The van der Waals surface area contributed by atoms with E-state index in [0.717, 1.165) is 51.7 Å². The van der Waals surface area contributed by atoms with Gasteiger partial charge in [-0.05, 0) is 12.8 Å². The summed E-state index contributed by atoms with van der Waals surface area (Å²) in [5.74, 6) is 2.45. The second-order valence-electron chi connectivity index (χ2n) is 7.66. The highest BCUT2D eigenvalue weighted by Crippen LogP contribution is 2.36. The molecule has 0 aromatic rings. The van der Waals surface area contributed by atoms with Gasteiger partial charge in [-0.3, -0.25) is 9.69 Å². The van der Waals surface area contributed by atoms with Crippen molar-refractivity contribution < 1.29 is 9.53 Å². The van der Waals surface area contributed by atoms with Gasteiger partial charge in [0.25, 0.3) is 0 Å². The lowest BCUT2D eigenvalue weighted by Crippen LogP contribution is -2.50. The Morgan fingerprint density at radius 3 is 2.75 bits per heavy atom. The second kappa shape index (κ2) is 9.41. The highest BCUT2D eigenvalue weighted by molar-refractivity contribution is 7.99. The molecule has 0 aromatic heterocycles. The molecule has 3 fully saturated rings. The van der Waals surface area contributed by atoms with Gasteiger partial charge in [0.05, 0.1) is 13.2 Å². The van der Waals surface area contributed by atoms with Crippen LogP contribution in [0.25, 0.3) is 0 Å². The molecule has 138 valence electrons. The maximum Gasteiger partial charge on any atom is 0.221 e. The topological polar surface area (TPSA) is 53.6 Å². The molecule has 3 aliphatic rings. The molecule has 3 rings (SSSR count). The summed E-state index contributed by atoms with van der Waals surface area (Å²) in [6.07, 6.45) is 7.09. The van der Waals surface area contributed by atoms with Crippen LogP contribution >= 0.6 is 11.8 Å². The maximum atomic E-state index is 12.4. The molecular formula is C18H33N3O2S. The number of ether oxygens (including phenoxy) is 1. The third-order valence-corrected chi connectivity index (χ3v) is 6.80. The molecule has 1 unspecified atom stereocenters. The molecule has 1 aliphatic carbocycles. The van der Waals surface area contributed by atoms with E-state index < -0.39 is 0 Å². The average Bonchev–Trinajstić information content (AvgIpc) is 2.63. The minimum Gasteiger partial charge on any atom is -0.379 e. The van der Waals surface area contributed by atoms with Crippen LogP contribution < -0.4 is 10.6 Å². The lowest BCUT2D eigenvalue weighted by atomic mass is 9.73. The summed E-state index contributed by atoms with van der Waals surface area (Å²) in [4.78, 5) is 14.9. The summed E-state index contributed by atoms with van der Waals surface area (Å²) in [6.45, 7) is 6.79. The van der Waals surface area contributed by atoms with Crippen molar-refractivity contribution in [2.45, 2.75) is 44.6 Å². The van der Waals surface area contributed by atoms with Gasteiger partial charge in [0.2, 0.25) is 5.91 Å². The molecule has 24 heavy (non-hydrogen) atoms. The Balaban J connectivity index is 1.48. The summed E-state index contributed by atoms with van der Waals surface area (Å²) in [7, 11) is 0. The van der Waals surface area contributed by atoms with Crippen molar-refractivity contribution in [3.05, 3.63) is 0 Å². The van der Waals surface area contributed by atoms with Gasteiger partial charge in [0.1, 0.15) is 0 Å². The van der Waals surface area contributed by atoms with Gasteiger partial charge < -0.3 is 15.4 Å². The Morgan fingerprint density at radius 2 is 2.04 bits per heavy atom. The van der Waals surface area contributed by atoms with Gasteiger partial charge >= 0.3 is 0 Å². The molecule has 2 saturated heterocycles. The number of morpholine rings is 1. The first-order valence-electron chi connectivity index (χ1n) is 9.64. The predicted octanol–water partition coefficient (Wildman–Crippen LogP) is 1.48. The normalized spacial score (nSPS) is 28.4. The van der Waals surface area contributed by atoms with Crippen LogP contribution in [0.2, 0.25) is 0 Å². The van der Waals surface area contributed by atoms with Gasteiger partial charge in [-0.1, -0.05) is 19.3 Å². The van der Waals surface area contributed by atoms with Crippen molar-refractivity contribution in [1.82, 2.24) is 15.5 Å². The first-order chi connectivity index (χ1) is 11.8. The standard InChI is InChI=1S/C18H33N3O2S/c22-17(12-16-13-24-11-6-19-16)20-14-18(4-2-1-3-5-18)15-21-7-9-23-10-8-21/h16,19H,1-15H2,(H,20,22). The molecule has 2 aliphatic heterocycles. The number of hydrogen-bond acceptors (Lipinski definition) is 5. The first-order valence-corrected chi connectivity index (χ1v) is 10.8. The number of hydrogen-bond donors (Lipinski definition) is 2. The van der Waals surface area contributed by atoms with Crippen LogP contribution in [0, 0.1) is 5.41 Å². The molecule has 2 heterocycles. The predicted molar refractivity (Wildman–Crippen MR) is 99.5 cm³/mol. The van der Waals surface area contributed by atoms with Crippen LogP contribution in [0.4, 0.5) is 0 Å². The van der Waals surface area contributed by atoms with Crippen LogP contribution in [-0.2, 0) is 9.53 Å². The Kier molecular flexibility index (Phi) is 7.25. The minimum atomic E-state index is 0.224. The number of carbonyl (C=O) groups excluding carboxylic acids is 1. The zero-order valence-electron chi connectivity index (χ0n) is 14.9. The molecule has 5 nitrogen and oxygen atoms in total. The van der Waals surface area contributed by atoms with E-state index >= 15 is 0 Å². The Hall–Kier alpha value is -0.300. The fraction of sp³-hybridized carbons (Fsp3) is 0.944. The monoisotopic (exact) mass is 355 g/mol. The van der Waals surface area contributed by atoms with E-state index in [0.29, 0.717) is 12.5 Å². The molecule has 0 aromatic carbocycles. The van der Waals surface area contributed by atoms with E-state index in [2.05, 4.69) is 15.5 Å². The Morgan fingerprint density at radius 1 is 1.25 bits per heavy atom. The zero-order chi connectivity index (χ0) is 16.7. The van der Waals surface area contributed by atoms with Gasteiger partial charge in [0, 0.05) is 62.1 Å². The summed E-state index contributed by atoms with van der Waals surface area (Å²) in [6, 6.07) is 0.352. The van der Waals surface area contributed by atoms with Crippen molar-refractivity contribution in [2.75, 3.05) is 57.4 Å². The van der Waals surface area contributed by atoms with Crippen molar-refractivity contribution in [1.29, 1.82) is 0 Å². The molecule has 1 amide bonds. The smallest absolute Gasteiger partial charge is 0.221 e. The molecule has 0 bridgehead atoms. The third-order valence-electron chi connectivity index (χ3n) is 5.67. The lowest BCUT2D eigenvalue weighted by molar-refractivity contribution is -0.122. The van der Waals surface area contributed by atoms with Gasteiger partial charge in [-0.2, -0.15) is 11.8 Å². The number of amides is 1. The highest BCUT2D eigenvalue weighted by atomic mass is 32.2. The quantitative estimate of drug-likeness (QED) is 0.756. The second-order valence-corrected chi connectivity index (χ2v) is 8.81. The maximum absolute atomic E-state index is 12.4. The van der Waals surface area contributed by atoms with Crippen molar-refractivity contribution in [2.24, 2.45) is 5.41 Å². The molecule has 1 atom stereocenters. The van der Waals surface area contributed by atoms with Crippen molar-refractivity contribution in [3.63, 3.8) is 0 Å². The lowest BCUT2D eigenvalue weighted by Gasteiger charge is -2.42. The molecule has 1 saturated carbocycles. The Labute approximate surface area is 150 Å². The number of nitrogens with one attached hydrogen (secondary N) is 2. The van der Waals surface area contributed by atoms with E-state index in [1.54, 1.807) is 0 Å². The fourth-order valence-corrected chi connectivity index (χ4v) is 5.21. The SMILES string of the molecule is O=C(CC1CSCCN1)NCC1(CN2CCOCC2)CCCCC1. The summed E-state index contributed by atoms with van der Waals surface area (Å²) >= 11 is 1.95. The summed E-state index contributed by atoms with van der Waals surface area (Å²) in [5.41, 5.74) is 0.278. The van der Waals surface area contributed by atoms with Crippen LogP contribution in [-0.4, -0.2) is 74.3 Å². The molecule has 0 radical (unpaired) electrons. The van der Waals surface area contributed by atoms with Crippen molar-refractivity contribution >= 4 is 17.7 Å². The Bertz CT molecular complexity index is 390. The van der Waals surface area contributed by atoms with Crippen LogP contribution in [0.3, 0.4) is 0 Å². The summed E-state index contributed by atoms with van der Waals surface area (Å²) in [5, 5.41) is 6.74. The largest absolute Gasteiger partial charge is 0.379 e. The van der Waals surface area contributed by atoms with E-state index in [-0.39, 0.29) is 11.3 Å². The molecule has 2 N–H and O–H groups in total. The third kappa shape index (κ3) is 5.61. The first kappa shape index (κ1) is 18.5. The van der Waals surface area contributed by atoms with Crippen molar-refractivity contribution in [3.8, 4) is 0 Å². The average molecular weight is 356 g/mol. The highest BCUT2D eigenvalue weighted by Gasteiger charge is 2.34. The number of carbonyl (C=O) groups is 1. The number of rotatable bonds is 6. The molecular weight excluding hydrogens is 322 g/mol. The number of thioether (sulfide) groups is 1. The van der Waals surface area contributed by atoms with Crippen LogP contribution in [0.15, 0.2) is 0 Å². The molecule has 6 heteroatoms. The van der Waals surface area contributed by atoms with Gasteiger partial charge in [0.15, 0.2) is 0 Å². The van der Waals surface area contributed by atoms with Crippen LogP contribution in [0.1, 0.15) is 38.5 Å². The van der Waals surface area contributed by atoms with E-state index in [1.807, 2.05) is 11.8 Å². The molecule has 0 spiro atoms. The number of nitrogens with zero attached hydrogens (tertiary/aromatic N) is 1. The van der Waals surface area contributed by atoms with Crippen LogP contribution in [0.5, 0.6) is 0 Å². The minimum absolute atomic E-state index is 0.224. The van der Waals surface area contributed by atoms with E-state index in [4.69, 9.17) is 4.74 Å². The van der Waals surface area contributed by atoms with Gasteiger partial charge in [-0.15, -0.1) is 0 Å². The van der Waals surface area contributed by atoms with Gasteiger partial charge in [-0.25, -0.2) is 0 Å². The summed E-state index contributed by atoms with van der Waals surface area (Å²) < 4.78 is 5.48. The van der Waals surface area contributed by atoms with E-state index in [1.165, 1.54) is 37.9 Å². The fourth-order valence-electron chi connectivity index (χ4n) is 4.26. The zero-order valence-corrected chi connectivity index (χ0v) is 15.7. The van der Waals surface area contributed by atoms with E-state index in [9.17, 15) is 4.79 Å².